The van der Waals surface area contributed by atoms with E-state index in [0.717, 1.165) is 32.4 Å². The van der Waals surface area contributed by atoms with E-state index in [0.29, 0.717) is 25.8 Å². The zero-order valence-corrected chi connectivity index (χ0v) is 12.8. The number of hydrogen-bond acceptors (Lipinski definition) is 8. The number of aromatic nitrogens is 3. The number of nitrogens with two attached hydrogens (primary N) is 1. The third-order valence-corrected chi connectivity index (χ3v) is 2.50. The maximum atomic E-state index is 5.62. The Hall–Kier alpha value is -1.67. The molecule has 0 fully saturated rings. The van der Waals surface area contributed by atoms with Crippen molar-refractivity contribution in [3.63, 3.8) is 0 Å². The topological polar surface area (TPSA) is 104 Å². The molecule has 0 aliphatic rings. The van der Waals surface area contributed by atoms with Gasteiger partial charge in [-0.3, -0.25) is 0 Å². The highest BCUT2D eigenvalue weighted by Gasteiger charge is 2.04. The van der Waals surface area contributed by atoms with Crippen molar-refractivity contribution in [2.75, 3.05) is 51.1 Å². The first-order chi connectivity index (χ1) is 10.3. The van der Waals surface area contributed by atoms with Gasteiger partial charge in [0.05, 0.1) is 19.8 Å². The third kappa shape index (κ3) is 8.26. The molecule has 0 amide bonds. The van der Waals surface area contributed by atoms with Gasteiger partial charge in [0, 0.05) is 20.3 Å². The predicted molar refractivity (Wildman–Crippen MR) is 80.4 cm³/mol. The van der Waals surface area contributed by atoms with Crippen molar-refractivity contribution in [2.45, 2.75) is 26.2 Å². The Balaban J connectivity index is 2.20. The summed E-state index contributed by atoms with van der Waals surface area (Å²) < 4.78 is 15.6. The minimum absolute atomic E-state index is 0.154. The van der Waals surface area contributed by atoms with E-state index in [1.807, 2.05) is 6.92 Å². The van der Waals surface area contributed by atoms with Crippen LogP contribution in [0.15, 0.2) is 0 Å². The number of methoxy groups -OCH3 is 1. The summed E-state index contributed by atoms with van der Waals surface area (Å²) in [4.78, 5) is 12.1. The van der Waals surface area contributed by atoms with Crippen LogP contribution in [0.2, 0.25) is 0 Å². The summed E-state index contributed by atoms with van der Waals surface area (Å²) >= 11 is 0. The van der Waals surface area contributed by atoms with E-state index in [2.05, 4.69) is 20.3 Å². The lowest BCUT2D eigenvalue weighted by atomic mass is 10.3. The molecular formula is C13H25N5O3. The smallest absolute Gasteiger partial charge is 0.323 e. The number of hydrogen-bond donors (Lipinski definition) is 2. The van der Waals surface area contributed by atoms with E-state index < -0.39 is 0 Å². The van der Waals surface area contributed by atoms with Crippen LogP contribution < -0.4 is 15.8 Å². The standard InChI is InChI=1S/C13H25N5O3/c1-3-7-21-13-17-11(14)16-12(18-13)15-6-4-5-8-20-10-9-19-2/h3-10H2,1-2H3,(H3,14,15,16,17,18). The second-order valence-corrected chi connectivity index (χ2v) is 4.39. The first kappa shape index (κ1) is 17.4. The van der Waals surface area contributed by atoms with Crippen molar-refractivity contribution >= 4 is 11.9 Å². The van der Waals surface area contributed by atoms with Crippen LogP contribution in [0.3, 0.4) is 0 Å². The highest BCUT2D eigenvalue weighted by atomic mass is 16.5. The van der Waals surface area contributed by atoms with Crippen LogP contribution >= 0.6 is 0 Å². The quantitative estimate of drug-likeness (QED) is 0.553. The number of anilines is 2. The molecule has 0 unspecified atom stereocenters. The fourth-order valence-electron chi connectivity index (χ4n) is 1.48. The van der Waals surface area contributed by atoms with Gasteiger partial charge in [-0.15, -0.1) is 0 Å². The summed E-state index contributed by atoms with van der Waals surface area (Å²) in [5.74, 6) is 0.593. The molecule has 0 bridgehead atoms. The molecule has 3 N–H and O–H groups in total. The van der Waals surface area contributed by atoms with Gasteiger partial charge in [-0.05, 0) is 19.3 Å². The van der Waals surface area contributed by atoms with Crippen LogP contribution in [0, 0.1) is 0 Å². The molecule has 0 saturated carbocycles. The maximum Gasteiger partial charge on any atom is 0.323 e. The van der Waals surface area contributed by atoms with Crippen LogP contribution in [0.5, 0.6) is 6.01 Å². The van der Waals surface area contributed by atoms with Gasteiger partial charge in [-0.2, -0.15) is 15.0 Å². The van der Waals surface area contributed by atoms with Gasteiger partial charge in [0.15, 0.2) is 0 Å². The Kier molecular flexibility index (Phi) is 9.14. The van der Waals surface area contributed by atoms with Gasteiger partial charge in [0.1, 0.15) is 0 Å². The molecule has 1 heterocycles. The van der Waals surface area contributed by atoms with Crippen molar-refractivity contribution in [3.8, 4) is 6.01 Å². The molecule has 1 aromatic heterocycles. The molecule has 0 aliphatic heterocycles. The molecule has 0 atom stereocenters. The zero-order chi connectivity index (χ0) is 15.3. The summed E-state index contributed by atoms with van der Waals surface area (Å²) in [5, 5.41) is 3.10. The number of ether oxygens (including phenoxy) is 3. The van der Waals surface area contributed by atoms with Crippen LogP contribution in [-0.2, 0) is 9.47 Å². The zero-order valence-electron chi connectivity index (χ0n) is 12.8. The second kappa shape index (κ2) is 11.0. The lowest BCUT2D eigenvalue weighted by Crippen LogP contribution is -2.11. The minimum atomic E-state index is 0.154. The predicted octanol–water partition coefficient (Wildman–Crippen LogP) is 1.10. The summed E-state index contributed by atoms with van der Waals surface area (Å²) in [5.41, 5.74) is 5.62. The number of nitrogens with zero attached hydrogens (tertiary/aromatic N) is 3. The van der Waals surface area contributed by atoms with Crippen molar-refractivity contribution in [1.29, 1.82) is 0 Å². The highest BCUT2D eigenvalue weighted by molar-refractivity contribution is 5.32. The largest absolute Gasteiger partial charge is 0.463 e. The average Bonchev–Trinajstić information content (AvgIpc) is 2.47. The monoisotopic (exact) mass is 299 g/mol. The summed E-state index contributed by atoms with van der Waals surface area (Å²) in [7, 11) is 1.66. The number of nitrogen functional groups attached to an aromatic ring is 1. The fourth-order valence-corrected chi connectivity index (χ4v) is 1.48. The molecule has 8 heteroatoms. The van der Waals surface area contributed by atoms with Gasteiger partial charge in [0.2, 0.25) is 11.9 Å². The molecular weight excluding hydrogens is 274 g/mol. The van der Waals surface area contributed by atoms with Crippen LogP contribution in [-0.4, -0.2) is 55.0 Å². The van der Waals surface area contributed by atoms with E-state index in [1.165, 1.54) is 0 Å². The first-order valence-corrected chi connectivity index (χ1v) is 7.21. The lowest BCUT2D eigenvalue weighted by molar-refractivity contribution is 0.0691. The molecule has 120 valence electrons. The molecule has 21 heavy (non-hydrogen) atoms. The van der Waals surface area contributed by atoms with Crippen LogP contribution in [0.25, 0.3) is 0 Å². The highest BCUT2D eigenvalue weighted by Crippen LogP contribution is 2.09. The van der Waals surface area contributed by atoms with E-state index in [9.17, 15) is 0 Å². The summed E-state index contributed by atoms with van der Waals surface area (Å²) in [6, 6.07) is 0.259. The molecule has 8 nitrogen and oxygen atoms in total. The SMILES string of the molecule is CCCOc1nc(N)nc(NCCCCOCCOC)n1. The second-order valence-electron chi connectivity index (χ2n) is 4.39. The minimum Gasteiger partial charge on any atom is -0.463 e. The summed E-state index contributed by atoms with van der Waals surface area (Å²) in [6.45, 7) is 5.29. The van der Waals surface area contributed by atoms with Gasteiger partial charge in [-0.25, -0.2) is 0 Å². The Morgan fingerprint density at radius 3 is 2.67 bits per heavy atom. The van der Waals surface area contributed by atoms with E-state index in [1.54, 1.807) is 7.11 Å². The van der Waals surface area contributed by atoms with E-state index >= 15 is 0 Å². The van der Waals surface area contributed by atoms with Crippen molar-refractivity contribution in [3.05, 3.63) is 0 Å². The lowest BCUT2D eigenvalue weighted by Gasteiger charge is -2.08. The molecule has 0 radical (unpaired) electrons. The molecule has 1 rings (SSSR count). The Bertz CT molecular complexity index is 392. The molecule has 0 aromatic carbocycles. The van der Waals surface area contributed by atoms with Crippen molar-refractivity contribution < 1.29 is 14.2 Å². The van der Waals surface area contributed by atoms with Crippen molar-refractivity contribution in [2.24, 2.45) is 0 Å². The summed E-state index contributed by atoms with van der Waals surface area (Å²) in [6.07, 6.45) is 2.79. The van der Waals surface area contributed by atoms with E-state index in [-0.39, 0.29) is 12.0 Å². The van der Waals surface area contributed by atoms with Gasteiger partial charge in [0.25, 0.3) is 0 Å². The van der Waals surface area contributed by atoms with Crippen LogP contribution in [0.4, 0.5) is 11.9 Å². The maximum absolute atomic E-state index is 5.62. The van der Waals surface area contributed by atoms with Crippen molar-refractivity contribution in [1.82, 2.24) is 15.0 Å². The number of rotatable bonds is 12. The average molecular weight is 299 g/mol. The van der Waals surface area contributed by atoms with Crippen LogP contribution in [0.1, 0.15) is 26.2 Å². The van der Waals surface area contributed by atoms with E-state index in [4.69, 9.17) is 19.9 Å². The molecule has 1 aromatic rings. The normalized spacial score (nSPS) is 10.6. The Morgan fingerprint density at radius 2 is 1.90 bits per heavy atom. The van der Waals surface area contributed by atoms with Gasteiger partial charge in [-0.1, -0.05) is 6.92 Å². The Morgan fingerprint density at radius 1 is 1.05 bits per heavy atom. The number of unbranched alkanes of at least 4 members (excludes halogenated alkanes) is 1. The molecule has 0 aliphatic carbocycles. The van der Waals surface area contributed by atoms with Gasteiger partial charge < -0.3 is 25.3 Å². The molecule has 0 saturated heterocycles. The molecule has 0 spiro atoms. The third-order valence-electron chi connectivity index (χ3n) is 2.50. The Labute approximate surface area is 125 Å². The fraction of sp³-hybridized carbons (Fsp3) is 0.769. The number of nitrogens with one attached hydrogen (secondary N) is 1. The first-order valence-electron chi connectivity index (χ1n) is 7.21. The van der Waals surface area contributed by atoms with Gasteiger partial charge >= 0.3 is 6.01 Å².